The minimum Gasteiger partial charge on any atom is -0.376 e. The minimum atomic E-state index is -0.342. The van der Waals surface area contributed by atoms with Crippen molar-refractivity contribution in [2.45, 2.75) is 58.2 Å². The highest BCUT2D eigenvalue weighted by Crippen LogP contribution is 2.41. The Balaban J connectivity index is 1.91. The normalized spacial score (nSPS) is 25.5. The van der Waals surface area contributed by atoms with E-state index >= 15 is 0 Å². The maximum absolute atomic E-state index is 11.4. The summed E-state index contributed by atoms with van der Waals surface area (Å²) in [4.78, 5) is 11.0. The molecule has 0 spiro atoms. The van der Waals surface area contributed by atoms with E-state index in [0.717, 1.165) is 13.0 Å². The van der Waals surface area contributed by atoms with Gasteiger partial charge in [-0.3, -0.25) is 10.1 Å². The van der Waals surface area contributed by atoms with E-state index in [1.807, 2.05) is 13.8 Å². The first-order valence-electron chi connectivity index (χ1n) is 7.60. The molecule has 7 heteroatoms. The lowest BCUT2D eigenvalue weighted by atomic mass is 10.1. The summed E-state index contributed by atoms with van der Waals surface area (Å²) in [5, 5.41) is 19.1. The van der Waals surface area contributed by atoms with Gasteiger partial charge in [0.25, 0.3) is 0 Å². The van der Waals surface area contributed by atoms with Gasteiger partial charge in [0.1, 0.15) is 5.69 Å². The molecule has 1 aromatic rings. The van der Waals surface area contributed by atoms with Crippen LogP contribution >= 0.6 is 0 Å². The molecule has 0 aromatic carbocycles. The van der Waals surface area contributed by atoms with E-state index < -0.39 is 0 Å². The van der Waals surface area contributed by atoms with Crippen LogP contribution in [-0.4, -0.2) is 33.5 Å². The Bertz CT molecular complexity index is 551. The van der Waals surface area contributed by atoms with E-state index in [-0.39, 0.29) is 28.8 Å². The van der Waals surface area contributed by atoms with Crippen LogP contribution in [0.1, 0.15) is 44.8 Å². The fourth-order valence-electron chi connectivity index (χ4n) is 3.10. The van der Waals surface area contributed by atoms with Crippen LogP contribution in [0.4, 0.5) is 11.5 Å². The summed E-state index contributed by atoms with van der Waals surface area (Å²) in [5.74, 6) is 1.13. The molecule has 1 saturated heterocycles. The van der Waals surface area contributed by atoms with Crippen molar-refractivity contribution in [2.24, 2.45) is 5.92 Å². The molecule has 0 radical (unpaired) electrons. The van der Waals surface area contributed by atoms with Gasteiger partial charge in [0.15, 0.2) is 0 Å². The van der Waals surface area contributed by atoms with E-state index in [2.05, 4.69) is 10.4 Å². The minimum absolute atomic E-state index is 0.0709. The topological polar surface area (TPSA) is 82.2 Å². The summed E-state index contributed by atoms with van der Waals surface area (Å²) in [5.41, 5.74) is 0.545. The molecule has 2 heterocycles. The van der Waals surface area contributed by atoms with Crippen LogP contribution in [0.25, 0.3) is 0 Å². The van der Waals surface area contributed by atoms with Crippen molar-refractivity contribution in [2.75, 3.05) is 11.9 Å². The average Bonchev–Trinajstić information content (AvgIpc) is 3.05. The maximum atomic E-state index is 11.4. The van der Waals surface area contributed by atoms with Crippen molar-refractivity contribution in [1.82, 2.24) is 9.78 Å². The molecule has 116 valence electrons. The molecule has 0 bridgehead atoms. The van der Waals surface area contributed by atoms with E-state index in [0.29, 0.717) is 17.4 Å². The Hall–Kier alpha value is -1.63. The third kappa shape index (κ3) is 2.62. The van der Waals surface area contributed by atoms with Gasteiger partial charge in [0.05, 0.1) is 17.1 Å². The van der Waals surface area contributed by atoms with Crippen molar-refractivity contribution < 1.29 is 9.66 Å². The number of hydrogen-bond acceptors (Lipinski definition) is 5. The molecule has 3 rings (SSSR count). The molecule has 2 atom stereocenters. The first-order chi connectivity index (χ1) is 9.99. The van der Waals surface area contributed by atoms with Crippen molar-refractivity contribution in [3.63, 3.8) is 0 Å². The molecule has 7 nitrogen and oxygen atoms in total. The van der Waals surface area contributed by atoms with Crippen molar-refractivity contribution in [3.05, 3.63) is 15.8 Å². The molecule has 1 saturated carbocycles. The molecule has 1 N–H and O–H groups in total. The highest BCUT2D eigenvalue weighted by molar-refractivity contribution is 5.60. The Morgan fingerprint density at radius 1 is 1.43 bits per heavy atom. The number of aryl methyl sites for hydroxylation is 1. The lowest BCUT2D eigenvalue weighted by molar-refractivity contribution is -0.384. The van der Waals surface area contributed by atoms with Crippen molar-refractivity contribution >= 4 is 11.5 Å². The fourth-order valence-corrected chi connectivity index (χ4v) is 3.10. The monoisotopic (exact) mass is 294 g/mol. The third-order valence-corrected chi connectivity index (χ3v) is 4.27. The van der Waals surface area contributed by atoms with Gasteiger partial charge in [-0.25, -0.2) is 4.68 Å². The predicted octanol–water partition coefficient (Wildman–Crippen LogP) is 2.66. The average molecular weight is 294 g/mol. The zero-order chi connectivity index (χ0) is 15.1. The van der Waals surface area contributed by atoms with Crippen LogP contribution < -0.4 is 5.32 Å². The van der Waals surface area contributed by atoms with E-state index in [1.54, 1.807) is 11.6 Å². The number of nitrogens with zero attached hydrogens (tertiary/aromatic N) is 3. The molecule has 1 aliphatic heterocycles. The lowest BCUT2D eigenvalue weighted by Crippen LogP contribution is -2.32. The number of nitro groups is 1. The van der Waals surface area contributed by atoms with E-state index in [9.17, 15) is 10.1 Å². The van der Waals surface area contributed by atoms with Crippen LogP contribution in [0.15, 0.2) is 0 Å². The van der Waals surface area contributed by atoms with Gasteiger partial charge in [-0.15, -0.1) is 0 Å². The number of aromatic nitrogens is 2. The summed E-state index contributed by atoms with van der Waals surface area (Å²) in [6.07, 6.45) is 3.47. The number of anilines is 1. The van der Waals surface area contributed by atoms with Crippen LogP contribution in [0.5, 0.6) is 0 Å². The summed E-state index contributed by atoms with van der Waals surface area (Å²) in [6, 6.07) is 0.214. The second-order valence-electron chi connectivity index (χ2n) is 6.29. The van der Waals surface area contributed by atoms with E-state index in [4.69, 9.17) is 4.74 Å². The highest BCUT2D eigenvalue weighted by Gasteiger charge is 2.42. The predicted molar refractivity (Wildman–Crippen MR) is 78.5 cm³/mol. The van der Waals surface area contributed by atoms with Gasteiger partial charge in [-0.1, -0.05) is 0 Å². The standard InChI is InChI=1S/C14H22N4O3/c1-8(2)17-14(12(18(19)20)9(3)16-17)15-11-6-7-21-13(11)10-4-5-10/h8,10-11,13,15H,4-7H2,1-3H3. The fraction of sp³-hybridized carbons (Fsp3) is 0.786. The van der Waals surface area contributed by atoms with Crippen LogP contribution in [0.3, 0.4) is 0 Å². The Kier molecular flexibility index (Phi) is 3.61. The molecular formula is C14H22N4O3. The quantitative estimate of drug-likeness (QED) is 0.667. The second kappa shape index (κ2) is 5.29. The smallest absolute Gasteiger partial charge is 0.333 e. The summed E-state index contributed by atoms with van der Waals surface area (Å²) in [7, 11) is 0. The third-order valence-electron chi connectivity index (χ3n) is 4.27. The molecule has 1 aliphatic carbocycles. The summed E-state index contributed by atoms with van der Waals surface area (Å²) in [6.45, 7) is 6.36. The van der Waals surface area contributed by atoms with Crippen molar-refractivity contribution in [3.8, 4) is 0 Å². The molecule has 0 amide bonds. The van der Waals surface area contributed by atoms with Gasteiger partial charge in [0, 0.05) is 12.6 Å². The van der Waals surface area contributed by atoms with Crippen LogP contribution in [0, 0.1) is 23.0 Å². The molecule has 2 fully saturated rings. The number of nitrogens with one attached hydrogen (secondary N) is 1. The lowest BCUT2D eigenvalue weighted by Gasteiger charge is -2.21. The number of hydrogen-bond donors (Lipinski definition) is 1. The van der Waals surface area contributed by atoms with Crippen molar-refractivity contribution in [1.29, 1.82) is 0 Å². The molecule has 21 heavy (non-hydrogen) atoms. The molecule has 2 unspecified atom stereocenters. The maximum Gasteiger partial charge on any atom is 0.333 e. The van der Waals surface area contributed by atoms with E-state index in [1.165, 1.54) is 12.8 Å². The highest BCUT2D eigenvalue weighted by atomic mass is 16.6. The number of rotatable bonds is 5. The van der Waals surface area contributed by atoms with Gasteiger partial charge < -0.3 is 10.1 Å². The second-order valence-corrected chi connectivity index (χ2v) is 6.29. The Morgan fingerprint density at radius 3 is 2.71 bits per heavy atom. The Labute approximate surface area is 123 Å². The SMILES string of the molecule is Cc1nn(C(C)C)c(NC2CCOC2C2CC2)c1[N+](=O)[O-]. The summed E-state index contributed by atoms with van der Waals surface area (Å²) >= 11 is 0. The largest absolute Gasteiger partial charge is 0.376 e. The first kappa shape index (κ1) is 14.3. The zero-order valence-electron chi connectivity index (χ0n) is 12.7. The van der Waals surface area contributed by atoms with Gasteiger partial charge in [-0.2, -0.15) is 5.10 Å². The van der Waals surface area contributed by atoms with Crippen LogP contribution in [0.2, 0.25) is 0 Å². The Morgan fingerprint density at radius 2 is 2.14 bits per heavy atom. The van der Waals surface area contributed by atoms with Gasteiger partial charge in [-0.05, 0) is 46.0 Å². The first-order valence-corrected chi connectivity index (χ1v) is 7.60. The van der Waals surface area contributed by atoms with Gasteiger partial charge in [0.2, 0.25) is 5.82 Å². The van der Waals surface area contributed by atoms with Crippen LogP contribution in [-0.2, 0) is 4.74 Å². The van der Waals surface area contributed by atoms with Gasteiger partial charge >= 0.3 is 5.69 Å². The number of ether oxygens (including phenoxy) is 1. The zero-order valence-corrected chi connectivity index (χ0v) is 12.7. The summed E-state index contributed by atoms with van der Waals surface area (Å²) < 4.78 is 7.53. The molecule has 1 aromatic heterocycles. The molecular weight excluding hydrogens is 272 g/mol. The molecule has 2 aliphatic rings.